The van der Waals surface area contributed by atoms with Crippen molar-refractivity contribution in [2.75, 3.05) is 6.61 Å². The highest BCUT2D eigenvalue weighted by atomic mass is 16.6. The van der Waals surface area contributed by atoms with Gasteiger partial charge in [-0.15, -0.1) is 0 Å². The maximum Gasteiger partial charge on any atom is 0.342 e. The summed E-state index contributed by atoms with van der Waals surface area (Å²) in [5, 5.41) is 46.4. The number of hydrogen-bond acceptors (Lipinski definition) is 8. The molecule has 0 aliphatic carbocycles. The van der Waals surface area contributed by atoms with Crippen molar-refractivity contribution in [3.8, 4) is 5.75 Å². The highest BCUT2D eigenvalue weighted by Crippen LogP contribution is 2.18. The highest BCUT2D eigenvalue weighted by Gasteiger charge is 2.34. The van der Waals surface area contributed by atoms with E-state index in [1.807, 2.05) is 0 Å². The Labute approximate surface area is 119 Å². The van der Waals surface area contributed by atoms with Gasteiger partial charge in [0.25, 0.3) is 0 Å². The summed E-state index contributed by atoms with van der Waals surface area (Å²) in [6.45, 7) is -0.850. The minimum Gasteiger partial charge on any atom is -0.507 e. The Morgan fingerprint density at radius 2 is 1.81 bits per heavy atom. The molecule has 0 radical (unpaired) electrons. The number of hydrogen-bond donors (Lipinski definition) is 5. The molecule has 0 bridgehead atoms. The number of aliphatic hydroxyl groups excluding tert-OH is 4. The molecule has 0 spiro atoms. The van der Waals surface area contributed by atoms with Gasteiger partial charge in [0, 0.05) is 0 Å². The topological polar surface area (TPSA) is 145 Å². The summed E-state index contributed by atoms with van der Waals surface area (Å²) >= 11 is 0. The number of aliphatic hydroxyl groups is 4. The molecular weight excluding hydrogens is 284 g/mol. The van der Waals surface area contributed by atoms with Gasteiger partial charge >= 0.3 is 5.97 Å². The number of aromatic hydroxyl groups is 1. The maximum absolute atomic E-state index is 11.8. The van der Waals surface area contributed by atoms with Crippen LogP contribution < -0.4 is 0 Å². The zero-order valence-electron chi connectivity index (χ0n) is 10.9. The van der Waals surface area contributed by atoms with Gasteiger partial charge in [-0.05, 0) is 12.1 Å². The maximum atomic E-state index is 11.8. The highest BCUT2D eigenvalue weighted by molar-refractivity contribution is 5.93. The molecule has 0 saturated heterocycles. The lowest BCUT2D eigenvalue weighted by molar-refractivity contribution is -0.138. The molecule has 4 atom stereocenters. The van der Waals surface area contributed by atoms with Gasteiger partial charge in [0.1, 0.15) is 29.6 Å². The standard InChI is InChI=1S/C13H16O8/c14-5-9(17)11(18)12(19)10(6-15)21-13(20)7-3-1-2-4-8(7)16/h1-4,6,9-12,14,16-19H,5H2/t9-,10+,11-,12-/m1/s1. The third-order valence-corrected chi connectivity index (χ3v) is 2.77. The van der Waals surface area contributed by atoms with Crippen molar-refractivity contribution in [1.82, 2.24) is 0 Å². The van der Waals surface area contributed by atoms with E-state index in [1.54, 1.807) is 0 Å². The third kappa shape index (κ3) is 4.23. The van der Waals surface area contributed by atoms with Crippen LogP contribution in [0.1, 0.15) is 10.4 Å². The quantitative estimate of drug-likeness (QED) is 0.293. The van der Waals surface area contributed by atoms with E-state index in [2.05, 4.69) is 4.74 Å². The summed E-state index contributed by atoms with van der Waals surface area (Å²) in [7, 11) is 0. The van der Waals surface area contributed by atoms with Crippen molar-refractivity contribution < 1.29 is 39.9 Å². The molecule has 0 amide bonds. The first kappa shape index (κ1) is 17.1. The lowest BCUT2D eigenvalue weighted by Crippen LogP contribution is -2.48. The van der Waals surface area contributed by atoms with Crippen molar-refractivity contribution in [3.63, 3.8) is 0 Å². The van der Waals surface area contributed by atoms with Crippen LogP contribution in [-0.4, -0.2) is 68.8 Å². The van der Waals surface area contributed by atoms with E-state index in [9.17, 15) is 30.0 Å². The second kappa shape index (κ2) is 7.70. The molecule has 1 aromatic rings. The Balaban J connectivity index is 2.80. The van der Waals surface area contributed by atoms with Crippen LogP contribution in [-0.2, 0) is 9.53 Å². The third-order valence-electron chi connectivity index (χ3n) is 2.77. The van der Waals surface area contributed by atoms with Crippen molar-refractivity contribution in [1.29, 1.82) is 0 Å². The van der Waals surface area contributed by atoms with E-state index >= 15 is 0 Å². The molecule has 0 aliphatic heterocycles. The molecule has 8 nitrogen and oxygen atoms in total. The van der Waals surface area contributed by atoms with Crippen molar-refractivity contribution >= 4 is 12.3 Å². The number of carbonyl (C=O) groups is 2. The lowest BCUT2D eigenvalue weighted by atomic mass is 10.0. The fourth-order valence-corrected chi connectivity index (χ4v) is 1.54. The van der Waals surface area contributed by atoms with Gasteiger partial charge in [-0.1, -0.05) is 12.1 Å². The number of ether oxygens (including phenoxy) is 1. The fraction of sp³-hybridized carbons (Fsp3) is 0.385. The predicted octanol–water partition coefficient (Wildman–Crippen LogP) is -1.81. The van der Waals surface area contributed by atoms with Gasteiger partial charge in [0.2, 0.25) is 0 Å². The largest absolute Gasteiger partial charge is 0.507 e. The molecule has 0 unspecified atom stereocenters. The normalized spacial score (nSPS) is 16.6. The Hall–Kier alpha value is -2.00. The second-order valence-electron chi connectivity index (χ2n) is 4.25. The van der Waals surface area contributed by atoms with Gasteiger partial charge < -0.3 is 30.3 Å². The van der Waals surface area contributed by atoms with Crippen LogP contribution in [0.15, 0.2) is 24.3 Å². The summed E-state index contributed by atoms with van der Waals surface area (Å²) < 4.78 is 4.67. The molecule has 1 aromatic carbocycles. The molecule has 21 heavy (non-hydrogen) atoms. The zero-order valence-corrected chi connectivity index (χ0v) is 10.9. The molecule has 0 aromatic heterocycles. The number of esters is 1. The Morgan fingerprint density at radius 1 is 1.19 bits per heavy atom. The van der Waals surface area contributed by atoms with Crippen LogP contribution in [0.5, 0.6) is 5.75 Å². The van der Waals surface area contributed by atoms with E-state index in [1.165, 1.54) is 24.3 Å². The number of aldehydes is 1. The summed E-state index contributed by atoms with van der Waals surface area (Å²) in [6.07, 6.45) is -7.23. The van der Waals surface area contributed by atoms with E-state index in [0.29, 0.717) is 0 Å². The molecule has 0 saturated carbocycles. The van der Waals surface area contributed by atoms with Crippen LogP contribution in [0.4, 0.5) is 0 Å². The minimum absolute atomic E-state index is 0.0653. The van der Waals surface area contributed by atoms with Gasteiger partial charge in [0.05, 0.1) is 6.61 Å². The smallest absolute Gasteiger partial charge is 0.342 e. The predicted molar refractivity (Wildman–Crippen MR) is 68.5 cm³/mol. The molecule has 0 aliphatic rings. The Bertz CT molecular complexity index is 489. The molecule has 8 heteroatoms. The van der Waals surface area contributed by atoms with E-state index in [4.69, 9.17) is 5.11 Å². The first-order valence-electron chi connectivity index (χ1n) is 6.01. The average molecular weight is 300 g/mol. The number of phenolic OH excluding ortho intramolecular Hbond substituents is 1. The Kier molecular flexibility index (Phi) is 6.25. The minimum atomic E-state index is -1.93. The number of phenols is 1. The molecule has 5 N–H and O–H groups in total. The number of rotatable bonds is 7. The van der Waals surface area contributed by atoms with Crippen LogP contribution in [0.2, 0.25) is 0 Å². The summed E-state index contributed by atoms with van der Waals surface area (Å²) in [6, 6.07) is 5.39. The van der Waals surface area contributed by atoms with E-state index < -0.39 is 37.0 Å². The van der Waals surface area contributed by atoms with Crippen molar-refractivity contribution in [3.05, 3.63) is 29.8 Å². The number of benzene rings is 1. The summed E-state index contributed by atoms with van der Waals surface area (Å²) in [4.78, 5) is 22.6. The number of para-hydroxylation sites is 1. The Morgan fingerprint density at radius 3 is 2.33 bits per heavy atom. The first-order chi connectivity index (χ1) is 9.92. The van der Waals surface area contributed by atoms with Crippen LogP contribution in [0.3, 0.4) is 0 Å². The molecule has 1 rings (SSSR count). The van der Waals surface area contributed by atoms with E-state index in [0.717, 1.165) is 0 Å². The average Bonchev–Trinajstić information content (AvgIpc) is 2.50. The van der Waals surface area contributed by atoms with Gasteiger partial charge in [0.15, 0.2) is 12.4 Å². The van der Waals surface area contributed by atoms with Crippen LogP contribution in [0, 0.1) is 0 Å². The van der Waals surface area contributed by atoms with E-state index in [-0.39, 0.29) is 17.6 Å². The van der Waals surface area contributed by atoms with Crippen molar-refractivity contribution in [2.45, 2.75) is 24.4 Å². The van der Waals surface area contributed by atoms with Crippen LogP contribution in [0.25, 0.3) is 0 Å². The van der Waals surface area contributed by atoms with Gasteiger partial charge in [-0.2, -0.15) is 0 Å². The summed E-state index contributed by atoms with van der Waals surface area (Å²) in [5.74, 6) is -1.47. The van der Waals surface area contributed by atoms with Crippen LogP contribution >= 0.6 is 0 Å². The first-order valence-corrected chi connectivity index (χ1v) is 6.01. The van der Waals surface area contributed by atoms with Gasteiger partial charge in [-0.25, -0.2) is 4.79 Å². The molecule has 0 fully saturated rings. The molecular formula is C13H16O8. The molecule has 116 valence electrons. The monoisotopic (exact) mass is 300 g/mol. The number of carbonyl (C=O) groups excluding carboxylic acids is 2. The summed E-state index contributed by atoms with van der Waals surface area (Å²) in [5.41, 5.74) is -0.228. The zero-order chi connectivity index (χ0) is 16.0. The lowest BCUT2D eigenvalue weighted by Gasteiger charge is -2.25. The van der Waals surface area contributed by atoms with Crippen molar-refractivity contribution in [2.24, 2.45) is 0 Å². The fourth-order valence-electron chi connectivity index (χ4n) is 1.54. The van der Waals surface area contributed by atoms with Gasteiger partial charge in [-0.3, -0.25) is 4.79 Å². The molecule has 0 heterocycles. The SMILES string of the molecule is O=C[C@H](OC(=O)c1ccccc1O)[C@@H](O)[C@H](O)[C@H](O)CO. The second-order valence-corrected chi connectivity index (χ2v) is 4.25.